The number of benzene rings is 1. The third-order valence-corrected chi connectivity index (χ3v) is 5.89. The lowest BCUT2D eigenvalue weighted by Crippen LogP contribution is -2.49. The minimum atomic E-state index is -0.233. The molecule has 1 fully saturated rings. The Hall–Kier alpha value is -2.81. The van der Waals surface area contributed by atoms with Crippen molar-refractivity contribution >= 4 is 29.0 Å². The predicted molar refractivity (Wildman–Crippen MR) is 122 cm³/mol. The second-order valence-corrected chi connectivity index (χ2v) is 8.04. The number of fused-ring (bicyclic) bond motifs is 2. The van der Waals surface area contributed by atoms with Gasteiger partial charge in [0.05, 0.1) is 23.5 Å². The van der Waals surface area contributed by atoms with E-state index in [9.17, 15) is 9.59 Å². The zero-order valence-corrected chi connectivity index (χ0v) is 17.8. The number of nitrogens with one attached hydrogen (secondary N) is 1. The number of hydrogen-bond acceptors (Lipinski definition) is 6. The van der Waals surface area contributed by atoms with Gasteiger partial charge < -0.3 is 16.0 Å². The quantitative estimate of drug-likeness (QED) is 0.664. The summed E-state index contributed by atoms with van der Waals surface area (Å²) >= 11 is 0. The Morgan fingerprint density at radius 2 is 1.77 bits per heavy atom. The molecule has 2 aliphatic heterocycles. The monoisotopic (exact) mass is 422 g/mol. The highest BCUT2D eigenvalue weighted by Crippen LogP contribution is 2.36. The Labute approximate surface area is 183 Å². The van der Waals surface area contributed by atoms with Crippen molar-refractivity contribution in [3.05, 3.63) is 48.2 Å². The number of aromatic nitrogens is 1. The van der Waals surface area contributed by atoms with E-state index in [2.05, 4.69) is 20.1 Å². The molecule has 1 saturated heterocycles. The largest absolute Gasteiger partial charge is 0.330 e. The van der Waals surface area contributed by atoms with Crippen molar-refractivity contribution in [2.45, 2.75) is 19.3 Å². The normalized spacial score (nSPS) is 16.9. The SMILES string of the molecule is NCCCCCN1CCN(CC(=O)N2c3ccccc3C(=O)Nc3cccnc32)CC1. The summed E-state index contributed by atoms with van der Waals surface area (Å²) in [5.41, 5.74) is 7.15. The lowest BCUT2D eigenvalue weighted by molar-refractivity contribution is -0.119. The average molecular weight is 423 g/mol. The number of pyridine rings is 1. The summed E-state index contributed by atoms with van der Waals surface area (Å²) in [6, 6.07) is 10.7. The van der Waals surface area contributed by atoms with Gasteiger partial charge in [-0.05, 0) is 50.2 Å². The van der Waals surface area contributed by atoms with Crippen LogP contribution in [0.4, 0.5) is 17.2 Å². The molecule has 0 unspecified atom stereocenters. The molecule has 0 atom stereocenters. The third-order valence-electron chi connectivity index (χ3n) is 5.89. The molecule has 31 heavy (non-hydrogen) atoms. The minimum absolute atomic E-state index is 0.0831. The number of rotatable bonds is 7. The lowest BCUT2D eigenvalue weighted by atomic mass is 10.1. The van der Waals surface area contributed by atoms with Gasteiger partial charge in [0.25, 0.3) is 5.91 Å². The van der Waals surface area contributed by atoms with Crippen molar-refractivity contribution in [1.29, 1.82) is 0 Å². The van der Waals surface area contributed by atoms with Crippen LogP contribution in [-0.4, -0.2) is 72.4 Å². The topological polar surface area (TPSA) is 94.8 Å². The average Bonchev–Trinajstić information content (AvgIpc) is 2.92. The Balaban J connectivity index is 1.45. The molecule has 1 aromatic heterocycles. The van der Waals surface area contributed by atoms with Crippen LogP contribution in [0.2, 0.25) is 0 Å². The number of amides is 2. The van der Waals surface area contributed by atoms with Gasteiger partial charge in [0, 0.05) is 32.4 Å². The highest BCUT2D eigenvalue weighted by Gasteiger charge is 2.31. The van der Waals surface area contributed by atoms with Gasteiger partial charge in [0.2, 0.25) is 5.91 Å². The van der Waals surface area contributed by atoms with Crippen LogP contribution in [0, 0.1) is 0 Å². The number of nitrogens with zero attached hydrogens (tertiary/aromatic N) is 4. The minimum Gasteiger partial charge on any atom is -0.330 e. The maximum Gasteiger partial charge on any atom is 0.257 e. The fourth-order valence-electron chi connectivity index (χ4n) is 4.18. The van der Waals surface area contributed by atoms with Crippen molar-refractivity contribution in [2.24, 2.45) is 5.73 Å². The van der Waals surface area contributed by atoms with Crippen molar-refractivity contribution < 1.29 is 9.59 Å². The van der Waals surface area contributed by atoms with Gasteiger partial charge in [-0.2, -0.15) is 0 Å². The predicted octanol–water partition coefficient (Wildman–Crippen LogP) is 2.06. The van der Waals surface area contributed by atoms with Gasteiger partial charge in [-0.25, -0.2) is 4.98 Å². The summed E-state index contributed by atoms with van der Waals surface area (Å²) in [5.74, 6) is 0.146. The Morgan fingerprint density at radius 1 is 1.00 bits per heavy atom. The van der Waals surface area contributed by atoms with E-state index >= 15 is 0 Å². The van der Waals surface area contributed by atoms with Crippen LogP contribution in [0.5, 0.6) is 0 Å². The van der Waals surface area contributed by atoms with Gasteiger partial charge in [0.15, 0.2) is 5.82 Å². The highest BCUT2D eigenvalue weighted by molar-refractivity contribution is 6.17. The van der Waals surface area contributed by atoms with Crippen molar-refractivity contribution in [2.75, 3.05) is 56.0 Å². The van der Waals surface area contributed by atoms with E-state index in [-0.39, 0.29) is 11.8 Å². The number of anilines is 3. The van der Waals surface area contributed by atoms with Crippen LogP contribution in [-0.2, 0) is 4.79 Å². The molecule has 3 heterocycles. The third kappa shape index (κ3) is 4.92. The number of carbonyl (C=O) groups is 2. The van der Waals surface area contributed by atoms with Gasteiger partial charge in [-0.15, -0.1) is 0 Å². The summed E-state index contributed by atoms with van der Waals surface area (Å²) in [6.07, 6.45) is 5.06. The van der Waals surface area contributed by atoms with Crippen molar-refractivity contribution in [3.63, 3.8) is 0 Å². The van der Waals surface area contributed by atoms with Crippen LogP contribution in [0.1, 0.15) is 29.6 Å². The molecule has 0 spiro atoms. The fraction of sp³-hybridized carbons (Fsp3) is 0.435. The molecule has 8 nitrogen and oxygen atoms in total. The summed E-state index contributed by atoms with van der Waals surface area (Å²) in [6.45, 7) is 5.76. The van der Waals surface area contributed by atoms with Gasteiger partial charge in [-0.1, -0.05) is 18.6 Å². The number of nitrogens with two attached hydrogens (primary N) is 1. The number of piperazine rings is 1. The molecular formula is C23H30N6O2. The molecule has 0 bridgehead atoms. The standard InChI is InChI=1S/C23H30N6O2/c24-10-4-1-5-12-27-13-15-28(16-14-27)17-21(30)29-20-9-3-2-7-18(20)23(31)26-19-8-6-11-25-22(19)29/h2-3,6-9,11H,1,4-5,10,12-17,24H2,(H,26,31). The van der Waals surface area contributed by atoms with Crippen LogP contribution in [0.15, 0.2) is 42.6 Å². The number of hydrogen-bond donors (Lipinski definition) is 2. The molecule has 3 N–H and O–H groups in total. The smallest absolute Gasteiger partial charge is 0.257 e. The first-order chi connectivity index (χ1) is 15.2. The highest BCUT2D eigenvalue weighted by atomic mass is 16.2. The van der Waals surface area contributed by atoms with Crippen molar-refractivity contribution in [3.8, 4) is 0 Å². The van der Waals surface area contributed by atoms with Gasteiger partial charge >= 0.3 is 0 Å². The molecule has 0 saturated carbocycles. The number of carbonyl (C=O) groups excluding carboxylic acids is 2. The maximum atomic E-state index is 13.5. The second kappa shape index (κ2) is 10.00. The molecule has 164 valence electrons. The van der Waals surface area contributed by atoms with Gasteiger partial charge in [0.1, 0.15) is 0 Å². The Kier molecular flexibility index (Phi) is 6.91. The van der Waals surface area contributed by atoms with E-state index in [0.29, 0.717) is 29.3 Å². The molecule has 2 aliphatic rings. The molecule has 2 aromatic rings. The van der Waals surface area contributed by atoms with Gasteiger partial charge in [-0.3, -0.25) is 19.4 Å². The van der Waals surface area contributed by atoms with E-state index < -0.39 is 0 Å². The second-order valence-electron chi connectivity index (χ2n) is 8.04. The van der Waals surface area contributed by atoms with E-state index in [4.69, 9.17) is 5.73 Å². The Bertz CT molecular complexity index is 926. The molecule has 1 aromatic carbocycles. The van der Waals surface area contributed by atoms with Crippen LogP contribution >= 0.6 is 0 Å². The fourth-order valence-corrected chi connectivity index (χ4v) is 4.18. The van der Waals surface area contributed by atoms with E-state index in [1.54, 1.807) is 41.4 Å². The molecular weight excluding hydrogens is 392 g/mol. The zero-order valence-electron chi connectivity index (χ0n) is 17.8. The van der Waals surface area contributed by atoms with Crippen LogP contribution in [0.25, 0.3) is 0 Å². The molecule has 2 amide bonds. The molecule has 0 aliphatic carbocycles. The number of para-hydroxylation sites is 1. The molecule has 0 radical (unpaired) electrons. The summed E-state index contributed by atoms with van der Waals surface area (Å²) in [5, 5.41) is 2.88. The summed E-state index contributed by atoms with van der Waals surface area (Å²) < 4.78 is 0. The number of unbranched alkanes of at least 4 members (excludes halogenated alkanes) is 2. The first kappa shape index (κ1) is 21.4. The maximum absolute atomic E-state index is 13.5. The zero-order chi connectivity index (χ0) is 21.6. The summed E-state index contributed by atoms with van der Waals surface area (Å²) in [4.78, 5) is 36.8. The summed E-state index contributed by atoms with van der Waals surface area (Å²) in [7, 11) is 0. The van der Waals surface area contributed by atoms with Crippen LogP contribution in [0.3, 0.4) is 0 Å². The first-order valence-electron chi connectivity index (χ1n) is 11.0. The lowest BCUT2D eigenvalue weighted by Gasteiger charge is -2.35. The first-order valence-corrected chi connectivity index (χ1v) is 11.0. The Morgan fingerprint density at radius 3 is 2.58 bits per heavy atom. The molecule has 8 heteroatoms. The van der Waals surface area contributed by atoms with E-state index in [1.807, 2.05) is 6.07 Å². The van der Waals surface area contributed by atoms with E-state index in [1.165, 1.54) is 12.8 Å². The van der Waals surface area contributed by atoms with Crippen LogP contribution < -0.4 is 16.0 Å². The van der Waals surface area contributed by atoms with E-state index in [0.717, 1.165) is 45.7 Å². The van der Waals surface area contributed by atoms with Crippen molar-refractivity contribution in [1.82, 2.24) is 14.8 Å². The molecule has 4 rings (SSSR count).